The Morgan fingerprint density at radius 3 is 2.68 bits per heavy atom. The van der Waals surface area contributed by atoms with E-state index in [1.165, 1.54) is 6.42 Å². The summed E-state index contributed by atoms with van der Waals surface area (Å²) in [6, 6.07) is 3.67. The van der Waals surface area contributed by atoms with Crippen LogP contribution in [0.1, 0.15) is 66.0 Å². The molecule has 4 heterocycles. The molecule has 1 aliphatic carbocycles. The molecule has 2 atom stereocenters. The van der Waals surface area contributed by atoms with Crippen LogP contribution in [0, 0.1) is 5.92 Å². The average Bonchev–Trinajstić information content (AvgIpc) is 3.42. The van der Waals surface area contributed by atoms with Gasteiger partial charge in [0, 0.05) is 44.6 Å². The molecule has 12 nitrogen and oxygen atoms in total. The number of carbonyl (C=O) groups excluding carboxylic acids is 1. The minimum absolute atomic E-state index is 0.0404. The van der Waals surface area contributed by atoms with Crippen LogP contribution < -0.4 is 15.8 Å². The number of carbonyl (C=O) groups is 1. The molecule has 1 N–H and O–H groups in total. The van der Waals surface area contributed by atoms with E-state index < -0.39 is 11.8 Å². The van der Waals surface area contributed by atoms with E-state index >= 15 is 0 Å². The number of aromatic nitrogens is 6. The second kappa shape index (κ2) is 11.9. The number of pyridine rings is 1. The maximum absolute atomic E-state index is 13.3. The smallest absolute Gasteiger partial charge is 0.410 e. The van der Waals surface area contributed by atoms with Crippen molar-refractivity contribution in [2.24, 2.45) is 5.92 Å². The number of rotatable bonds is 8. The van der Waals surface area contributed by atoms with E-state index in [1.807, 2.05) is 38.7 Å². The zero-order valence-corrected chi connectivity index (χ0v) is 24.7. The van der Waals surface area contributed by atoms with Gasteiger partial charge in [0.05, 0.1) is 24.6 Å². The van der Waals surface area contributed by atoms with Crippen LogP contribution >= 0.6 is 0 Å². The molecule has 0 radical (unpaired) electrons. The lowest BCUT2D eigenvalue weighted by Crippen LogP contribution is -2.53. The third kappa shape index (κ3) is 6.68. The number of hydrogen-bond donors (Lipinski definition) is 1. The first-order valence-corrected chi connectivity index (χ1v) is 14.5. The van der Waals surface area contributed by atoms with E-state index in [0.717, 1.165) is 44.5 Å². The summed E-state index contributed by atoms with van der Waals surface area (Å²) in [7, 11) is 1.78. The molecule has 5 rings (SSSR count). The number of amides is 1. The van der Waals surface area contributed by atoms with Crippen LogP contribution in [0.5, 0.6) is 0 Å². The van der Waals surface area contributed by atoms with Crippen LogP contribution in [0.3, 0.4) is 0 Å². The quantitative estimate of drug-likeness (QED) is 0.433. The van der Waals surface area contributed by atoms with Crippen molar-refractivity contribution in [1.29, 1.82) is 0 Å². The summed E-state index contributed by atoms with van der Waals surface area (Å²) < 4.78 is 9.07. The van der Waals surface area contributed by atoms with E-state index in [2.05, 4.69) is 30.5 Å². The van der Waals surface area contributed by atoms with Crippen molar-refractivity contribution in [1.82, 2.24) is 34.4 Å². The van der Waals surface area contributed by atoms with Gasteiger partial charge in [0.1, 0.15) is 29.0 Å². The fourth-order valence-corrected chi connectivity index (χ4v) is 5.39. The molecule has 1 saturated heterocycles. The number of nitrogens with one attached hydrogen (secondary N) is 1. The van der Waals surface area contributed by atoms with Gasteiger partial charge < -0.3 is 19.9 Å². The van der Waals surface area contributed by atoms with Crippen LogP contribution in [0.2, 0.25) is 0 Å². The van der Waals surface area contributed by atoms with Gasteiger partial charge in [-0.15, -0.1) is 5.10 Å². The number of ether oxygens (including phenoxy) is 1. The van der Waals surface area contributed by atoms with Crippen LogP contribution in [-0.2, 0) is 4.74 Å². The first-order chi connectivity index (χ1) is 19.6. The fraction of sp³-hybridized carbons (Fsp3) is 0.586. The molecule has 1 amide bonds. The highest BCUT2D eigenvalue weighted by atomic mass is 16.6. The number of hydrogen-bond acceptors (Lipinski definition) is 9. The molecular formula is C29H41N9O3. The third-order valence-corrected chi connectivity index (χ3v) is 7.89. The van der Waals surface area contributed by atoms with Crippen LogP contribution in [0.15, 0.2) is 41.7 Å². The van der Waals surface area contributed by atoms with Gasteiger partial charge in [-0.3, -0.25) is 14.3 Å². The molecule has 1 aliphatic heterocycles. The summed E-state index contributed by atoms with van der Waals surface area (Å²) in [5.41, 5.74) is 1.34. The Morgan fingerprint density at radius 1 is 1.20 bits per heavy atom. The Hall–Kier alpha value is -3.96. The second-order valence-electron chi connectivity index (χ2n) is 12.1. The summed E-state index contributed by atoms with van der Waals surface area (Å²) in [4.78, 5) is 39.3. The van der Waals surface area contributed by atoms with Gasteiger partial charge in [-0.25, -0.2) is 14.5 Å². The molecule has 41 heavy (non-hydrogen) atoms. The monoisotopic (exact) mass is 563 g/mol. The van der Waals surface area contributed by atoms with Gasteiger partial charge in [0.25, 0.3) is 5.56 Å². The predicted molar refractivity (Wildman–Crippen MR) is 157 cm³/mol. The Bertz CT molecular complexity index is 1410. The number of nitrogens with zero attached hydrogens (tertiary/aromatic N) is 8. The van der Waals surface area contributed by atoms with Gasteiger partial charge in [-0.05, 0) is 65.4 Å². The third-order valence-electron chi connectivity index (χ3n) is 7.89. The molecule has 1 unspecified atom stereocenters. The van der Waals surface area contributed by atoms with Crippen molar-refractivity contribution in [2.45, 2.75) is 77.6 Å². The first-order valence-electron chi connectivity index (χ1n) is 14.5. The summed E-state index contributed by atoms with van der Waals surface area (Å²) in [5, 5.41) is 11.4. The maximum atomic E-state index is 13.3. The Labute approximate surface area is 240 Å². The van der Waals surface area contributed by atoms with Crippen LogP contribution in [0.25, 0.3) is 11.4 Å². The molecule has 3 aromatic heterocycles. The molecule has 0 bridgehead atoms. The highest BCUT2D eigenvalue weighted by Gasteiger charge is 2.34. The lowest BCUT2D eigenvalue weighted by Gasteiger charge is -2.43. The van der Waals surface area contributed by atoms with Gasteiger partial charge in [0.2, 0.25) is 0 Å². The normalized spacial score (nSPS) is 18.5. The Kier molecular flexibility index (Phi) is 8.27. The Balaban J connectivity index is 1.30. The largest absolute Gasteiger partial charge is 0.444 e. The topological polar surface area (TPSA) is 123 Å². The molecule has 0 aromatic carbocycles. The highest BCUT2D eigenvalue weighted by Crippen LogP contribution is 2.31. The SMILES string of the molecule is CNc1cncc(-c2cn(C(C)n3ccc(N4CCC[C@@H](N(CC5CCC5)C(=O)OC(C)(C)C)C4)cc3=O)nn2)n1. The lowest BCUT2D eigenvalue weighted by molar-refractivity contribution is 0.00736. The van der Waals surface area contributed by atoms with Crippen molar-refractivity contribution in [2.75, 3.05) is 36.9 Å². The standard InChI is InChI=1S/C29H41N9O3/c1-20(38-19-25(33-34-38)24-15-31-16-26(30-5)32-24)36-13-11-22(14-27(36)39)35-12-7-10-23(18-35)37(17-21-8-6-9-21)28(40)41-29(2,3)4/h11,13-16,19-21,23H,6-10,12,17-18H2,1-5H3,(H,30,32)/t20?,23-/m1/s1. The number of piperidine rings is 1. The van der Waals surface area contributed by atoms with Crippen molar-refractivity contribution in [3.05, 3.63) is 47.3 Å². The van der Waals surface area contributed by atoms with Crippen molar-refractivity contribution in [3.63, 3.8) is 0 Å². The Morgan fingerprint density at radius 2 is 2.00 bits per heavy atom. The van der Waals surface area contributed by atoms with Gasteiger partial charge in [0.15, 0.2) is 0 Å². The first kappa shape index (κ1) is 28.6. The molecular weight excluding hydrogens is 522 g/mol. The summed E-state index contributed by atoms with van der Waals surface area (Å²) in [6.07, 6.45) is 11.6. The van der Waals surface area contributed by atoms with Crippen molar-refractivity contribution in [3.8, 4) is 11.4 Å². The van der Waals surface area contributed by atoms with Crippen molar-refractivity contribution >= 4 is 17.6 Å². The lowest BCUT2D eigenvalue weighted by atomic mass is 9.84. The molecule has 220 valence electrons. The summed E-state index contributed by atoms with van der Waals surface area (Å²) >= 11 is 0. The maximum Gasteiger partial charge on any atom is 0.410 e. The molecule has 0 spiro atoms. The molecule has 12 heteroatoms. The minimum Gasteiger partial charge on any atom is -0.444 e. The van der Waals surface area contributed by atoms with E-state index in [9.17, 15) is 9.59 Å². The summed E-state index contributed by atoms with van der Waals surface area (Å²) in [5.74, 6) is 1.18. The van der Waals surface area contributed by atoms with Gasteiger partial charge in [-0.1, -0.05) is 11.6 Å². The zero-order chi connectivity index (χ0) is 29.1. The zero-order valence-electron chi connectivity index (χ0n) is 24.7. The average molecular weight is 564 g/mol. The van der Waals surface area contributed by atoms with E-state index in [1.54, 1.807) is 47.2 Å². The molecule has 1 saturated carbocycles. The van der Waals surface area contributed by atoms with Crippen LogP contribution in [0.4, 0.5) is 16.3 Å². The van der Waals surface area contributed by atoms with Gasteiger partial charge in [-0.2, -0.15) is 0 Å². The molecule has 2 fully saturated rings. The predicted octanol–water partition coefficient (Wildman–Crippen LogP) is 4.01. The second-order valence-corrected chi connectivity index (χ2v) is 12.1. The van der Waals surface area contributed by atoms with E-state index in [-0.39, 0.29) is 17.7 Å². The number of anilines is 2. The van der Waals surface area contributed by atoms with E-state index in [4.69, 9.17) is 4.74 Å². The van der Waals surface area contributed by atoms with Crippen LogP contribution in [-0.4, -0.2) is 78.8 Å². The van der Waals surface area contributed by atoms with E-state index in [0.29, 0.717) is 29.7 Å². The summed E-state index contributed by atoms with van der Waals surface area (Å²) in [6.45, 7) is 9.86. The minimum atomic E-state index is -0.542. The highest BCUT2D eigenvalue weighted by molar-refractivity contribution is 5.69. The fourth-order valence-electron chi connectivity index (χ4n) is 5.39. The van der Waals surface area contributed by atoms with Gasteiger partial charge >= 0.3 is 6.09 Å². The van der Waals surface area contributed by atoms with Crippen molar-refractivity contribution < 1.29 is 9.53 Å². The molecule has 2 aliphatic rings. The molecule has 3 aromatic rings.